The number of aromatic nitrogens is 3. The lowest BCUT2D eigenvalue weighted by atomic mass is 10.00. The summed E-state index contributed by atoms with van der Waals surface area (Å²) in [5.74, 6) is -0.721. The molecule has 1 saturated heterocycles. The molecule has 1 aliphatic heterocycles. The summed E-state index contributed by atoms with van der Waals surface area (Å²) in [6.07, 6.45) is -8.07. The van der Waals surface area contributed by atoms with Crippen LogP contribution >= 0.6 is 35.6 Å². The van der Waals surface area contributed by atoms with Crippen LogP contribution in [0.25, 0.3) is 17.1 Å². The number of alkyl halides is 6. The molecule has 0 aliphatic carbocycles. The molecule has 1 aliphatic rings. The molecule has 1 aromatic heterocycles. The number of rotatable bonds is 7. The number of aliphatic imine (C=N–C) groups is 1. The van der Waals surface area contributed by atoms with Crippen LogP contribution in [0.5, 0.6) is 5.75 Å². The Balaban J connectivity index is 1.21. The summed E-state index contributed by atoms with van der Waals surface area (Å²) >= 11 is 12.2. The minimum Gasteiger partial charge on any atom is -0.406 e. The van der Waals surface area contributed by atoms with Gasteiger partial charge in [0.1, 0.15) is 12.1 Å². The smallest absolute Gasteiger partial charge is 0.406 e. The van der Waals surface area contributed by atoms with Crippen LogP contribution < -0.4 is 15.0 Å². The highest BCUT2D eigenvalue weighted by Crippen LogP contribution is 2.40. The van der Waals surface area contributed by atoms with Gasteiger partial charge in [-0.2, -0.15) is 18.2 Å². The van der Waals surface area contributed by atoms with Crippen molar-refractivity contribution in [2.45, 2.75) is 25.4 Å². The number of anilines is 1. The van der Waals surface area contributed by atoms with E-state index >= 15 is 0 Å². The molecule has 0 saturated carbocycles. The van der Waals surface area contributed by atoms with Gasteiger partial charge in [-0.25, -0.2) is 9.67 Å². The predicted octanol–water partition coefficient (Wildman–Crippen LogP) is 7.62. The summed E-state index contributed by atoms with van der Waals surface area (Å²) in [7, 11) is 0. The second-order valence-corrected chi connectivity index (χ2v) is 11.6. The van der Waals surface area contributed by atoms with Gasteiger partial charge in [-0.3, -0.25) is 9.69 Å². The third-order valence-electron chi connectivity index (χ3n) is 6.59. The molecule has 3 aromatic carbocycles. The number of ether oxygens (including phenoxy) is 1. The van der Waals surface area contributed by atoms with E-state index in [4.69, 9.17) is 23.8 Å². The zero-order valence-corrected chi connectivity index (χ0v) is 25.8. The third kappa shape index (κ3) is 7.97. The van der Waals surface area contributed by atoms with Crippen molar-refractivity contribution in [1.29, 1.82) is 0 Å². The zero-order valence-electron chi connectivity index (χ0n) is 23.4. The van der Waals surface area contributed by atoms with Gasteiger partial charge in [0.2, 0.25) is 5.91 Å². The number of thioether (sulfide) groups is 1. The van der Waals surface area contributed by atoms with Crippen molar-refractivity contribution in [2.75, 3.05) is 17.2 Å². The normalized spacial score (nSPS) is 15.3. The number of thiocarbonyl (C=S) groups is 1. The van der Waals surface area contributed by atoms with Gasteiger partial charge in [0.05, 0.1) is 22.7 Å². The lowest BCUT2D eigenvalue weighted by molar-refractivity contribution is -0.274. The Morgan fingerprint density at radius 3 is 2.43 bits per heavy atom. The Morgan fingerprint density at radius 1 is 1.09 bits per heavy atom. The highest BCUT2D eigenvalue weighted by atomic mass is 35.5. The Morgan fingerprint density at radius 2 is 1.78 bits per heavy atom. The lowest BCUT2D eigenvalue weighted by Gasteiger charge is -2.21. The topological polar surface area (TPSA) is 84.6 Å². The molecule has 5 rings (SSSR count). The largest absolute Gasteiger partial charge is 0.573 e. The first kappa shape index (κ1) is 33.2. The van der Waals surface area contributed by atoms with E-state index < -0.39 is 29.7 Å². The molecule has 1 unspecified atom stereocenters. The van der Waals surface area contributed by atoms with E-state index in [9.17, 15) is 31.1 Å². The number of hydrogen-bond donors (Lipinski definition) is 1. The summed E-state index contributed by atoms with van der Waals surface area (Å²) in [4.78, 5) is 21.9. The minimum atomic E-state index is -4.79. The van der Waals surface area contributed by atoms with Crippen LogP contribution in [0.2, 0.25) is 5.02 Å². The van der Waals surface area contributed by atoms with E-state index in [0.29, 0.717) is 23.6 Å². The molecule has 2 heterocycles. The predicted molar refractivity (Wildman–Crippen MR) is 166 cm³/mol. The fourth-order valence-electron chi connectivity index (χ4n) is 4.38. The van der Waals surface area contributed by atoms with Gasteiger partial charge in [0.15, 0.2) is 16.1 Å². The number of nitrogens with zero attached hydrogens (tertiary/aromatic N) is 5. The average Bonchev–Trinajstić information content (AvgIpc) is 3.62. The van der Waals surface area contributed by atoms with Gasteiger partial charge in [0, 0.05) is 17.1 Å². The summed E-state index contributed by atoms with van der Waals surface area (Å²) in [6.45, 7) is 2.26. The van der Waals surface area contributed by atoms with Crippen LogP contribution in [0.4, 0.5) is 32.0 Å². The van der Waals surface area contributed by atoms with Gasteiger partial charge in [-0.15, -0.1) is 18.3 Å². The Hall–Kier alpha value is -4.15. The molecule has 4 aromatic rings. The maximum Gasteiger partial charge on any atom is 0.573 e. The average molecular weight is 699 g/mol. The molecule has 240 valence electrons. The second kappa shape index (κ2) is 13.3. The van der Waals surface area contributed by atoms with Crippen LogP contribution in [0, 0.1) is 0 Å². The Bertz CT molecular complexity index is 1780. The number of hydrogen-bond acceptors (Lipinski definition) is 6. The second-order valence-electron chi connectivity index (χ2n) is 9.83. The first-order valence-electron chi connectivity index (χ1n) is 13.2. The number of amides is 1. The SMILES string of the molecule is CC(CNC(=S)N=C1SCC(=O)N1c1cc(Cl)ccc1C(F)(F)F)c1ccc(-c2ncn(-c3ccc(OC(F)(F)F)cc3)n2)cc1. The van der Waals surface area contributed by atoms with Crippen LogP contribution in [0.15, 0.2) is 78.0 Å². The summed E-state index contributed by atoms with van der Waals surface area (Å²) in [5, 5.41) is 7.40. The zero-order chi connectivity index (χ0) is 33.2. The standard InChI is InChI=1S/C29H21ClF6N6O2S2/c1-16(13-37-26(45)39-27-42(24(43)14-46-27)23-12-19(30)6-11-22(23)28(31,32)33)17-2-4-18(5-3-17)25-38-15-41(40-25)20-7-9-21(10-8-20)44-29(34,35)36/h2-12,15-16H,13-14H2,1H3,(H,37,45). The fraction of sp³-hybridized carbons (Fsp3) is 0.207. The molecule has 0 radical (unpaired) electrons. The van der Waals surface area contributed by atoms with Gasteiger partial charge in [-0.1, -0.05) is 54.6 Å². The van der Waals surface area contributed by atoms with Crippen molar-refractivity contribution in [3.8, 4) is 22.8 Å². The van der Waals surface area contributed by atoms with E-state index in [0.717, 1.165) is 40.4 Å². The van der Waals surface area contributed by atoms with E-state index in [2.05, 4.69) is 25.1 Å². The molecule has 0 spiro atoms. The van der Waals surface area contributed by atoms with Gasteiger partial charge < -0.3 is 10.1 Å². The molecular formula is C29H21ClF6N6O2S2. The van der Waals surface area contributed by atoms with Crippen LogP contribution in [0.1, 0.15) is 24.0 Å². The summed E-state index contributed by atoms with van der Waals surface area (Å²) < 4.78 is 83.5. The van der Waals surface area contributed by atoms with Crippen molar-refractivity contribution in [3.63, 3.8) is 0 Å². The molecule has 46 heavy (non-hydrogen) atoms. The van der Waals surface area contributed by atoms with Gasteiger partial charge >= 0.3 is 12.5 Å². The maximum absolute atomic E-state index is 13.7. The third-order valence-corrected chi connectivity index (χ3v) is 7.99. The summed E-state index contributed by atoms with van der Waals surface area (Å²) in [6, 6.07) is 15.5. The van der Waals surface area contributed by atoms with Gasteiger partial charge in [-0.05, 0) is 66.2 Å². The fourth-order valence-corrected chi connectivity index (χ4v) is 5.64. The van der Waals surface area contributed by atoms with Crippen molar-refractivity contribution in [3.05, 3.63) is 89.2 Å². The van der Waals surface area contributed by atoms with E-state index in [1.807, 2.05) is 31.2 Å². The molecular weight excluding hydrogens is 678 g/mol. The number of halogens is 7. The van der Waals surface area contributed by atoms with Crippen LogP contribution in [0.3, 0.4) is 0 Å². The van der Waals surface area contributed by atoms with Crippen molar-refractivity contribution < 1.29 is 35.9 Å². The van der Waals surface area contributed by atoms with Gasteiger partial charge in [0.25, 0.3) is 0 Å². The number of amidine groups is 1. The molecule has 0 bridgehead atoms. The Kier molecular flexibility index (Phi) is 9.60. The highest BCUT2D eigenvalue weighted by molar-refractivity contribution is 8.15. The first-order chi connectivity index (χ1) is 21.7. The minimum absolute atomic E-state index is 0.00444. The molecule has 1 fully saturated rings. The lowest BCUT2D eigenvalue weighted by Crippen LogP contribution is -2.33. The number of carbonyl (C=O) groups is 1. The number of carbonyl (C=O) groups excluding carboxylic acids is 1. The molecule has 1 amide bonds. The van der Waals surface area contributed by atoms with Crippen LogP contribution in [-0.4, -0.2) is 49.6 Å². The molecule has 17 heteroatoms. The van der Waals surface area contributed by atoms with E-state index in [1.54, 1.807) is 0 Å². The Labute approximate surface area is 272 Å². The quantitative estimate of drug-likeness (QED) is 0.157. The molecule has 1 atom stereocenters. The monoisotopic (exact) mass is 698 g/mol. The van der Waals surface area contributed by atoms with E-state index in [1.165, 1.54) is 35.3 Å². The van der Waals surface area contributed by atoms with E-state index in [-0.39, 0.29) is 32.7 Å². The van der Waals surface area contributed by atoms with Crippen molar-refractivity contribution in [1.82, 2.24) is 20.1 Å². The van der Waals surface area contributed by atoms with Crippen molar-refractivity contribution in [2.24, 2.45) is 4.99 Å². The van der Waals surface area contributed by atoms with Crippen molar-refractivity contribution >= 4 is 57.5 Å². The first-order valence-corrected chi connectivity index (χ1v) is 15.0. The summed E-state index contributed by atoms with van der Waals surface area (Å²) in [5.41, 5.74) is 0.668. The molecule has 1 N–H and O–H groups in total. The highest BCUT2D eigenvalue weighted by Gasteiger charge is 2.40. The number of benzene rings is 3. The van der Waals surface area contributed by atoms with Crippen LogP contribution in [-0.2, 0) is 11.0 Å². The number of nitrogens with one attached hydrogen (secondary N) is 1. The maximum atomic E-state index is 13.7. The molecule has 8 nitrogen and oxygen atoms in total.